The predicted octanol–water partition coefficient (Wildman–Crippen LogP) is 2.03. The fraction of sp³-hybridized carbons (Fsp3) is 0.312. The van der Waals surface area contributed by atoms with Crippen molar-refractivity contribution in [1.82, 2.24) is 19.9 Å². The number of hydrogen-bond donors (Lipinski definition) is 3. The number of fused-ring (bicyclic) bond motifs is 1. The molecule has 8 heteroatoms. The van der Waals surface area contributed by atoms with Gasteiger partial charge in [-0.3, -0.25) is 0 Å². The van der Waals surface area contributed by atoms with Crippen LogP contribution < -0.4 is 16.0 Å². The van der Waals surface area contributed by atoms with Gasteiger partial charge in [-0.1, -0.05) is 11.6 Å². The minimum Gasteiger partial charge on any atom is -0.369 e. The molecule has 1 aliphatic rings. The number of anilines is 2. The van der Waals surface area contributed by atoms with E-state index in [2.05, 4.69) is 30.2 Å². The maximum atomic E-state index is 6.57. The lowest BCUT2D eigenvalue weighted by Crippen LogP contribution is -2.48. The summed E-state index contributed by atoms with van der Waals surface area (Å²) in [7, 11) is 0. The first-order chi connectivity index (χ1) is 11.6. The van der Waals surface area contributed by atoms with Crippen molar-refractivity contribution in [3.63, 3.8) is 0 Å². The molecule has 0 amide bonds. The number of nitrogens with zero attached hydrogens (tertiary/aromatic N) is 4. The Bertz CT molecular complexity index is 847. The van der Waals surface area contributed by atoms with Crippen LogP contribution in [-0.2, 0) is 0 Å². The van der Waals surface area contributed by atoms with Crippen LogP contribution in [0.2, 0.25) is 5.02 Å². The summed E-state index contributed by atoms with van der Waals surface area (Å²) < 4.78 is 0. The topological polar surface area (TPSA) is 95.8 Å². The van der Waals surface area contributed by atoms with Crippen molar-refractivity contribution in [2.45, 2.75) is 12.0 Å². The number of rotatable bonds is 4. The van der Waals surface area contributed by atoms with Crippen LogP contribution >= 0.6 is 11.6 Å². The lowest BCUT2D eigenvalue weighted by molar-refractivity contribution is 0.498. The summed E-state index contributed by atoms with van der Waals surface area (Å²) in [5.41, 5.74) is 8.30. The second kappa shape index (κ2) is 5.92. The number of H-pyrrole nitrogens is 1. The normalized spacial score (nSPS) is 20.7. The van der Waals surface area contributed by atoms with Crippen molar-refractivity contribution in [1.29, 1.82) is 0 Å². The molecule has 1 saturated heterocycles. The van der Waals surface area contributed by atoms with Gasteiger partial charge in [-0.05, 0) is 18.6 Å². The number of aromatic nitrogens is 4. The maximum absolute atomic E-state index is 6.57. The Morgan fingerprint density at radius 3 is 2.96 bits per heavy atom. The zero-order valence-electron chi connectivity index (χ0n) is 13.0. The molecular formula is C16H18ClN7. The number of hydrogen-bond acceptors (Lipinski definition) is 6. The Morgan fingerprint density at radius 2 is 2.12 bits per heavy atom. The van der Waals surface area contributed by atoms with Gasteiger partial charge in [-0.2, -0.15) is 0 Å². The van der Waals surface area contributed by atoms with E-state index in [0.29, 0.717) is 17.5 Å². The van der Waals surface area contributed by atoms with Crippen molar-refractivity contribution < 1.29 is 0 Å². The van der Waals surface area contributed by atoms with Crippen molar-refractivity contribution >= 4 is 34.3 Å². The molecule has 1 atom stereocenters. The van der Waals surface area contributed by atoms with Crippen LogP contribution in [0.1, 0.15) is 6.42 Å². The Morgan fingerprint density at radius 1 is 1.29 bits per heavy atom. The Labute approximate surface area is 144 Å². The lowest BCUT2D eigenvalue weighted by atomic mass is 10.0. The average Bonchev–Trinajstić information content (AvgIpc) is 3.21. The number of nitrogens with one attached hydrogen (secondary N) is 2. The van der Waals surface area contributed by atoms with E-state index >= 15 is 0 Å². The summed E-state index contributed by atoms with van der Waals surface area (Å²) in [5, 5.41) is 4.85. The average molecular weight is 344 g/mol. The number of aromatic amines is 1. The van der Waals surface area contributed by atoms with E-state index in [0.717, 1.165) is 36.2 Å². The highest BCUT2D eigenvalue weighted by Gasteiger charge is 2.35. The van der Waals surface area contributed by atoms with Crippen LogP contribution in [0.15, 0.2) is 36.9 Å². The fourth-order valence-electron chi connectivity index (χ4n) is 3.13. The summed E-state index contributed by atoms with van der Waals surface area (Å²) in [6, 6.07) is 4.09. The largest absolute Gasteiger partial charge is 0.369 e. The van der Waals surface area contributed by atoms with Gasteiger partial charge >= 0.3 is 0 Å². The van der Waals surface area contributed by atoms with E-state index in [9.17, 15) is 0 Å². The van der Waals surface area contributed by atoms with Crippen molar-refractivity contribution in [2.75, 3.05) is 29.9 Å². The summed E-state index contributed by atoms with van der Waals surface area (Å²) in [6.07, 6.45) is 7.76. The second-order valence-electron chi connectivity index (χ2n) is 6.18. The smallest absolute Gasteiger partial charge is 0.222 e. The molecule has 4 N–H and O–H groups in total. The molecule has 4 heterocycles. The molecule has 1 unspecified atom stereocenters. The SMILES string of the molecule is NC1(CNc2ncc(Cl)cn2)CCN(c2ccnc3[nH]ccc23)C1. The van der Waals surface area contributed by atoms with Gasteiger partial charge in [-0.15, -0.1) is 0 Å². The molecule has 0 bridgehead atoms. The second-order valence-corrected chi connectivity index (χ2v) is 6.62. The van der Waals surface area contributed by atoms with Gasteiger partial charge in [0.25, 0.3) is 0 Å². The molecule has 4 rings (SSSR count). The predicted molar refractivity (Wildman–Crippen MR) is 95.4 cm³/mol. The van der Waals surface area contributed by atoms with E-state index in [1.807, 2.05) is 24.5 Å². The van der Waals surface area contributed by atoms with E-state index in [4.69, 9.17) is 17.3 Å². The van der Waals surface area contributed by atoms with E-state index in [-0.39, 0.29) is 5.54 Å². The number of halogens is 1. The van der Waals surface area contributed by atoms with Crippen LogP contribution in [0.4, 0.5) is 11.6 Å². The van der Waals surface area contributed by atoms with Crippen LogP contribution in [0, 0.1) is 0 Å². The summed E-state index contributed by atoms with van der Waals surface area (Å²) in [5.74, 6) is 0.541. The molecule has 7 nitrogen and oxygen atoms in total. The molecule has 24 heavy (non-hydrogen) atoms. The third-order valence-electron chi connectivity index (χ3n) is 4.38. The minimum atomic E-state index is -0.338. The van der Waals surface area contributed by atoms with E-state index < -0.39 is 0 Å². The van der Waals surface area contributed by atoms with Gasteiger partial charge in [0, 0.05) is 43.1 Å². The van der Waals surface area contributed by atoms with Gasteiger partial charge in [0.15, 0.2) is 0 Å². The molecule has 1 aliphatic heterocycles. The molecular weight excluding hydrogens is 326 g/mol. The molecule has 3 aromatic rings. The summed E-state index contributed by atoms with van der Waals surface area (Å²) >= 11 is 5.80. The van der Waals surface area contributed by atoms with Crippen molar-refractivity contribution in [2.24, 2.45) is 5.73 Å². The quantitative estimate of drug-likeness (QED) is 0.670. The van der Waals surface area contributed by atoms with Crippen molar-refractivity contribution in [3.8, 4) is 0 Å². The lowest BCUT2D eigenvalue weighted by Gasteiger charge is -2.26. The third-order valence-corrected chi connectivity index (χ3v) is 4.58. The highest BCUT2D eigenvalue weighted by Crippen LogP contribution is 2.30. The molecule has 0 aromatic carbocycles. The van der Waals surface area contributed by atoms with Crippen molar-refractivity contribution in [3.05, 3.63) is 41.9 Å². The minimum absolute atomic E-state index is 0.338. The molecule has 0 aliphatic carbocycles. The van der Waals surface area contributed by atoms with Gasteiger partial charge < -0.3 is 20.9 Å². The molecule has 124 valence electrons. The Balaban J connectivity index is 1.47. The zero-order chi connectivity index (χ0) is 16.6. The van der Waals surface area contributed by atoms with Crippen LogP contribution in [0.25, 0.3) is 11.0 Å². The third kappa shape index (κ3) is 2.88. The van der Waals surface area contributed by atoms with Gasteiger partial charge in [0.1, 0.15) is 5.65 Å². The zero-order valence-corrected chi connectivity index (χ0v) is 13.8. The van der Waals surface area contributed by atoms with Gasteiger partial charge in [0.2, 0.25) is 5.95 Å². The van der Waals surface area contributed by atoms with Crippen LogP contribution in [-0.4, -0.2) is 45.1 Å². The van der Waals surface area contributed by atoms with E-state index in [1.54, 1.807) is 12.4 Å². The Hall–Kier alpha value is -2.38. The Kier molecular flexibility index (Phi) is 3.74. The first-order valence-corrected chi connectivity index (χ1v) is 8.18. The van der Waals surface area contributed by atoms with Crippen LogP contribution in [0.5, 0.6) is 0 Å². The molecule has 0 spiro atoms. The molecule has 0 saturated carbocycles. The monoisotopic (exact) mass is 343 g/mol. The first kappa shape index (κ1) is 15.2. The number of nitrogens with two attached hydrogens (primary N) is 1. The van der Waals surface area contributed by atoms with Gasteiger partial charge in [-0.25, -0.2) is 15.0 Å². The first-order valence-electron chi connectivity index (χ1n) is 7.80. The molecule has 3 aromatic heterocycles. The highest BCUT2D eigenvalue weighted by molar-refractivity contribution is 6.30. The number of pyridine rings is 1. The standard InChI is InChI=1S/C16H18ClN7/c17-11-7-21-15(22-8-11)23-9-16(18)3-6-24(10-16)13-2-5-20-14-12(13)1-4-19-14/h1-2,4-5,7-8H,3,6,9-10,18H2,(H,19,20)(H,21,22,23). The van der Waals surface area contributed by atoms with Gasteiger partial charge in [0.05, 0.1) is 23.0 Å². The van der Waals surface area contributed by atoms with E-state index in [1.165, 1.54) is 0 Å². The fourth-order valence-corrected chi connectivity index (χ4v) is 3.22. The summed E-state index contributed by atoms with van der Waals surface area (Å²) in [4.78, 5) is 18.1. The van der Waals surface area contributed by atoms with Crippen LogP contribution in [0.3, 0.4) is 0 Å². The molecule has 1 fully saturated rings. The maximum Gasteiger partial charge on any atom is 0.222 e. The summed E-state index contributed by atoms with van der Waals surface area (Å²) in [6.45, 7) is 2.27. The molecule has 0 radical (unpaired) electrons. The highest BCUT2D eigenvalue weighted by atomic mass is 35.5.